The van der Waals surface area contributed by atoms with Gasteiger partial charge in [0.15, 0.2) is 0 Å². The standard InChI is InChI=1S/C12H14FN3O3/c13-7-4-5-11(16(18)19)8(6-7)12(17)15-10-3-1-2-9(10)14/h4-6,9-10H,1-3,14H2,(H,15,17). The predicted octanol–water partition coefficient (Wildman–Crippen LogP) is 1.34. The van der Waals surface area contributed by atoms with Crippen LogP contribution < -0.4 is 11.1 Å². The first-order valence-corrected chi connectivity index (χ1v) is 5.99. The van der Waals surface area contributed by atoms with Gasteiger partial charge < -0.3 is 11.1 Å². The van der Waals surface area contributed by atoms with E-state index >= 15 is 0 Å². The van der Waals surface area contributed by atoms with Gasteiger partial charge in [0, 0.05) is 18.2 Å². The number of carbonyl (C=O) groups is 1. The quantitative estimate of drug-likeness (QED) is 0.637. The van der Waals surface area contributed by atoms with Crippen molar-refractivity contribution in [2.75, 3.05) is 0 Å². The molecule has 102 valence electrons. The molecule has 2 unspecified atom stereocenters. The third kappa shape index (κ3) is 2.87. The minimum absolute atomic E-state index is 0.156. The Morgan fingerprint density at radius 1 is 1.47 bits per heavy atom. The Morgan fingerprint density at radius 2 is 2.21 bits per heavy atom. The molecule has 3 N–H and O–H groups in total. The zero-order chi connectivity index (χ0) is 14.0. The van der Waals surface area contributed by atoms with Gasteiger partial charge in [0.05, 0.1) is 4.92 Å². The van der Waals surface area contributed by atoms with Gasteiger partial charge in [-0.1, -0.05) is 0 Å². The number of rotatable bonds is 3. The van der Waals surface area contributed by atoms with Crippen LogP contribution in [-0.4, -0.2) is 22.9 Å². The van der Waals surface area contributed by atoms with E-state index < -0.39 is 22.3 Å². The van der Waals surface area contributed by atoms with E-state index in [1.165, 1.54) is 0 Å². The average Bonchev–Trinajstić information content (AvgIpc) is 2.74. The van der Waals surface area contributed by atoms with Gasteiger partial charge in [0.25, 0.3) is 11.6 Å². The van der Waals surface area contributed by atoms with Crippen molar-refractivity contribution in [3.8, 4) is 0 Å². The molecule has 1 aromatic carbocycles. The molecule has 0 heterocycles. The maximum absolute atomic E-state index is 13.1. The summed E-state index contributed by atoms with van der Waals surface area (Å²) in [6.45, 7) is 0. The third-order valence-corrected chi connectivity index (χ3v) is 3.29. The molecule has 2 atom stereocenters. The molecule has 1 fully saturated rings. The SMILES string of the molecule is NC1CCCC1NC(=O)c1cc(F)ccc1[N+](=O)[O-]. The number of nitro groups is 1. The third-order valence-electron chi connectivity index (χ3n) is 3.29. The summed E-state index contributed by atoms with van der Waals surface area (Å²) < 4.78 is 13.1. The number of hydrogen-bond donors (Lipinski definition) is 2. The Hall–Kier alpha value is -2.02. The lowest BCUT2D eigenvalue weighted by Crippen LogP contribution is -2.44. The van der Waals surface area contributed by atoms with Gasteiger partial charge in [-0.05, 0) is 31.4 Å². The van der Waals surface area contributed by atoms with Crippen molar-refractivity contribution in [1.29, 1.82) is 0 Å². The number of halogens is 1. The fourth-order valence-electron chi connectivity index (χ4n) is 2.26. The van der Waals surface area contributed by atoms with Gasteiger partial charge >= 0.3 is 0 Å². The van der Waals surface area contributed by atoms with Crippen LogP contribution in [0.15, 0.2) is 18.2 Å². The van der Waals surface area contributed by atoms with Crippen LogP contribution in [0.25, 0.3) is 0 Å². The van der Waals surface area contributed by atoms with Crippen LogP contribution in [0.2, 0.25) is 0 Å². The van der Waals surface area contributed by atoms with Crippen LogP contribution in [0, 0.1) is 15.9 Å². The van der Waals surface area contributed by atoms with Crippen LogP contribution in [0.3, 0.4) is 0 Å². The zero-order valence-corrected chi connectivity index (χ0v) is 10.1. The van der Waals surface area contributed by atoms with E-state index in [2.05, 4.69) is 5.32 Å². The molecule has 0 aliphatic heterocycles. The lowest BCUT2D eigenvalue weighted by atomic mass is 10.1. The molecular formula is C12H14FN3O3. The molecule has 7 heteroatoms. The van der Waals surface area contributed by atoms with Crippen LogP contribution in [-0.2, 0) is 0 Å². The van der Waals surface area contributed by atoms with Gasteiger partial charge in [-0.15, -0.1) is 0 Å². The summed E-state index contributed by atoms with van der Waals surface area (Å²) >= 11 is 0. The summed E-state index contributed by atoms with van der Waals surface area (Å²) in [6.07, 6.45) is 2.43. The molecule has 1 aliphatic carbocycles. The Balaban J connectivity index is 2.22. The fourth-order valence-corrected chi connectivity index (χ4v) is 2.26. The lowest BCUT2D eigenvalue weighted by Gasteiger charge is -2.17. The van der Waals surface area contributed by atoms with E-state index in [-0.39, 0.29) is 17.6 Å². The molecule has 1 aromatic rings. The van der Waals surface area contributed by atoms with Crippen LogP contribution in [0.1, 0.15) is 29.6 Å². The summed E-state index contributed by atoms with van der Waals surface area (Å²) in [5.41, 5.74) is 5.12. The molecule has 1 saturated carbocycles. The molecule has 0 radical (unpaired) electrons. The lowest BCUT2D eigenvalue weighted by molar-refractivity contribution is -0.385. The Morgan fingerprint density at radius 3 is 2.79 bits per heavy atom. The van der Waals surface area contributed by atoms with Crippen molar-refractivity contribution in [1.82, 2.24) is 5.32 Å². The highest BCUT2D eigenvalue weighted by Crippen LogP contribution is 2.22. The molecule has 19 heavy (non-hydrogen) atoms. The predicted molar refractivity (Wildman–Crippen MR) is 66.1 cm³/mol. The number of nitrogens with one attached hydrogen (secondary N) is 1. The molecule has 6 nitrogen and oxygen atoms in total. The first-order valence-electron chi connectivity index (χ1n) is 5.99. The number of carbonyl (C=O) groups excluding carboxylic acids is 1. The van der Waals surface area contributed by atoms with Crippen molar-refractivity contribution < 1.29 is 14.1 Å². The summed E-state index contributed by atoms with van der Waals surface area (Å²) in [6, 6.07) is 2.44. The van der Waals surface area contributed by atoms with Gasteiger partial charge in [0.2, 0.25) is 0 Å². The van der Waals surface area contributed by atoms with Gasteiger partial charge in [-0.3, -0.25) is 14.9 Å². The molecule has 1 amide bonds. The van der Waals surface area contributed by atoms with E-state index in [0.29, 0.717) is 0 Å². The molecule has 0 aromatic heterocycles. The highest BCUT2D eigenvalue weighted by molar-refractivity contribution is 5.98. The first kappa shape index (κ1) is 13.4. The number of nitrogens with zero attached hydrogens (tertiary/aromatic N) is 1. The van der Waals surface area contributed by atoms with Crippen LogP contribution in [0.4, 0.5) is 10.1 Å². The first-order chi connectivity index (χ1) is 8.99. The van der Waals surface area contributed by atoms with Crippen molar-refractivity contribution in [2.24, 2.45) is 5.73 Å². The maximum Gasteiger partial charge on any atom is 0.282 e. The summed E-state index contributed by atoms with van der Waals surface area (Å²) in [4.78, 5) is 22.1. The second kappa shape index (κ2) is 5.31. The van der Waals surface area contributed by atoms with E-state index in [1.54, 1.807) is 0 Å². The summed E-state index contributed by atoms with van der Waals surface area (Å²) in [7, 11) is 0. The largest absolute Gasteiger partial charge is 0.348 e. The summed E-state index contributed by atoms with van der Waals surface area (Å²) in [5, 5.41) is 13.4. The van der Waals surface area contributed by atoms with Crippen LogP contribution >= 0.6 is 0 Å². The van der Waals surface area contributed by atoms with E-state index in [0.717, 1.165) is 37.5 Å². The monoisotopic (exact) mass is 267 g/mol. The average molecular weight is 267 g/mol. The number of nitrogens with two attached hydrogens (primary N) is 1. The highest BCUT2D eigenvalue weighted by atomic mass is 19.1. The minimum Gasteiger partial charge on any atom is -0.348 e. The van der Waals surface area contributed by atoms with E-state index in [1.807, 2.05) is 0 Å². The van der Waals surface area contributed by atoms with Gasteiger partial charge in [-0.2, -0.15) is 0 Å². The number of benzene rings is 1. The minimum atomic E-state index is -0.705. The Kier molecular flexibility index (Phi) is 3.75. The van der Waals surface area contributed by atoms with Gasteiger partial charge in [0.1, 0.15) is 11.4 Å². The molecule has 0 saturated heterocycles. The van der Waals surface area contributed by atoms with Crippen molar-refractivity contribution >= 4 is 11.6 Å². The van der Waals surface area contributed by atoms with Crippen molar-refractivity contribution in [2.45, 2.75) is 31.3 Å². The normalized spacial score (nSPS) is 22.2. The molecule has 1 aliphatic rings. The summed E-state index contributed by atoms with van der Waals surface area (Å²) in [5.74, 6) is -1.35. The van der Waals surface area contributed by atoms with Crippen LogP contribution in [0.5, 0.6) is 0 Å². The fraction of sp³-hybridized carbons (Fsp3) is 0.417. The zero-order valence-electron chi connectivity index (χ0n) is 10.1. The van der Waals surface area contributed by atoms with Crippen molar-refractivity contribution in [3.63, 3.8) is 0 Å². The van der Waals surface area contributed by atoms with E-state index in [4.69, 9.17) is 5.73 Å². The molecule has 2 rings (SSSR count). The second-order valence-corrected chi connectivity index (χ2v) is 4.59. The van der Waals surface area contributed by atoms with E-state index in [9.17, 15) is 19.3 Å². The number of amides is 1. The molecule has 0 bridgehead atoms. The smallest absolute Gasteiger partial charge is 0.282 e. The van der Waals surface area contributed by atoms with Crippen molar-refractivity contribution in [3.05, 3.63) is 39.7 Å². The number of nitro benzene ring substituents is 1. The Bertz CT molecular complexity index is 521. The maximum atomic E-state index is 13.1. The molecular weight excluding hydrogens is 253 g/mol. The number of hydrogen-bond acceptors (Lipinski definition) is 4. The Labute approximate surface area is 108 Å². The topological polar surface area (TPSA) is 98.3 Å². The highest BCUT2D eigenvalue weighted by Gasteiger charge is 2.28. The van der Waals surface area contributed by atoms with Gasteiger partial charge in [-0.25, -0.2) is 4.39 Å². The second-order valence-electron chi connectivity index (χ2n) is 4.59. The molecule has 0 spiro atoms.